The molecule has 19 heavy (non-hydrogen) atoms. The molecular formula is C12H8ClN3O2S. The summed E-state index contributed by atoms with van der Waals surface area (Å²) in [5.41, 5.74) is 3.93. The fraction of sp³-hybridized carbons (Fsp3) is 0.0833. The summed E-state index contributed by atoms with van der Waals surface area (Å²) in [7, 11) is 0. The summed E-state index contributed by atoms with van der Waals surface area (Å²) in [6.45, 7) is 0. The number of carbonyl (C=O) groups excluding carboxylic acids is 2. The molecule has 2 aromatic rings. The van der Waals surface area contributed by atoms with Crippen molar-refractivity contribution in [3.63, 3.8) is 0 Å². The number of carbonyl (C=O) groups is 2. The molecule has 7 heteroatoms. The SMILES string of the molecule is O=C1Cc2cc(NC(=O)c3cscn3)c(Cl)cc2N1. The maximum absolute atomic E-state index is 11.9. The zero-order chi connectivity index (χ0) is 13.4. The quantitative estimate of drug-likeness (QED) is 0.894. The van der Waals surface area contributed by atoms with Crippen molar-refractivity contribution in [1.82, 2.24) is 4.98 Å². The predicted octanol–water partition coefficient (Wildman–Crippen LogP) is 2.54. The first-order valence-electron chi connectivity index (χ1n) is 5.45. The van der Waals surface area contributed by atoms with Crippen LogP contribution < -0.4 is 10.6 Å². The summed E-state index contributed by atoms with van der Waals surface area (Å²) in [5, 5.41) is 7.42. The lowest BCUT2D eigenvalue weighted by Crippen LogP contribution is -2.12. The van der Waals surface area contributed by atoms with Crippen LogP contribution in [0.5, 0.6) is 0 Å². The number of hydrogen-bond acceptors (Lipinski definition) is 4. The lowest BCUT2D eigenvalue weighted by Gasteiger charge is -2.08. The highest BCUT2D eigenvalue weighted by molar-refractivity contribution is 7.07. The molecule has 0 unspecified atom stereocenters. The van der Waals surface area contributed by atoms with Gasteiger partial charge >= 0.3 is 0 Å². The number of halogens is 1. The van der Waals surface area contributed by atoms with Gasteiger partial charge in [0, 0.05) is 11.1 Å². The van der Waals surface area contributed by atoms with Gasteiger partial charge in [0.15, 0.2) is 0 Å². The lowest BCUT2D eigenvalue weighted by molar-refractivity contribution is -0.115. The summed E-state index contributed by atoms with van der Waals surface area (Å²) in [5.74, 6) is -0.394. The van der Waals surface area contributed by atoms with E-state index >= 15 is 0 Å². The number of hydrogen-bond donors (Lipinski definition) is 2. The van der Waals surface area contributed by atoms with Crippen molar-refractivity contribution in [3.8, 4) is 0 Å². The molecular weight excluding hydrogens is 286 g/mol. The molecule has 0 saturated heterocycles. The Balaban J connectivity index is 1.88. The first kappa shape index (κ1) is 12.1. The van der Waals surface area contributed by atoms with E-state index in [1.165, 1.54) is 11.3 Å². The highest BCUT2D eigenvalue weighted by Crippen LogP contribution is 2.33. The lowest BCUT2D eigenvalue weighted by atomic mass is 10.1. The van der Waals surface area contributed by atoms with Crippen LogP contribution in [0.15, 0.2) is 23.0 Å². The van der Waals surface area contributed by atoms with Gasteiger partial charge < -0.3 is 10.6 Å². The number of nitrogens with zero attached hydrogens (tertiary/aromatic N) is 1. The Morgan fingerprint density at radius 1 is 1.47 bits per heavy atom. The second-order valence-electron chi connectivity index (χ2n) is 4.04. The third-order valence-electron chi connectivity index (χ3n) is 2.73. The molecule has 1 aromatic heterocycles. The van der Waals surface area contributed by atoms with Gasteiger partial charge in [-0.05, 0) is 17.7 Å². The Morgan fingerprint density at radius 2 is 2.32 bits per heavy atom. The summed E-state index contributed by atoms with van der Waals surface area (Å²) in [6, 6.07) is 3.35. The molecule has 0 aliphatic carbocycles. The van der Waals surface area contributed by atoms with Gasteiger partial charge in [0.05, 0.1) is 22.6 Å². The van der Waals surface area contributed by atoms with Crippen molar-refractivity contribution >= 4 is 46.1 Å². The van der Waals surface area contributed by atoms with Crippen LogP contribution in [0, 0.1) is 0 Å². The number of benzene rings is 1. The van der Waals surface area contributed by atoms with Gasteiger partial charge in [0.25, 0.3) is 5.91 Å². The molecule has 2 heterocycles. The van der Waals surface area contributed by atoms with Crippen LogP contribution in [0.1, 0.15) is 16.1 Å². The summed E-state index contributed by atoms with van der Waals surface area (Å²) in [6.07, 6.45) is 0.298. The van der Waals surface area contributed by atoms with Crippen molar-refractivity contribution in [2.75, 3.05) is 10.6 Å². The smallest absolute Gasteiger partial charge is 0.275 e. The average molecular weight is 294 g/mol. The van der Waals surface area contributed by atoms with Gasteiger partial charge in [-0.2, -0.15) is 0 Å². The molecule has 0 saturated carbocycles. The van der Waals surface area contributed by atoms with Crippen LogP contribution in [-0.2, 0) is 11.2 Å². The summed E-state index contributed by atoms with van der Waals surface area (Å²) in [4.78, 5) is 27.1. The van der Waals surface area contributed by atoms with Crippen molar-refractivity contribution in [3.05, 3.63) is 39.3 Å². The Morgan fingerprint density at radius 3 is 3.05 bits per heavy atom. The van der Waals surface area contributed by atoms with Crippen LogP contribution in [0.3, 0.4) is 0 Å². The topological polar surface area (TPSA) is 71.1 Å². The van der Waals surface area contributed by atoms with Crippen LogP contribution in [-0.4, -0.2) is 16.8 Å². The fourth-order valence-corrected chi connectivity index (χ4v) is 2.60. The third kappa shape index (κ3) is 2.32. The number of anilines is 2. The van der Waals surface area contributed by atoms with Gasteiger partial charge in [-0.15, -0.1) is 11.3 Å². The average Bonchev–Trinajstić information content (AvgIpc) is 2.97. The maximum Gasteiger partial charge on any atom is 0.275 e. The molecule has 1 aliphatic heterocycles. The molecule has 2 N–H and O–H groups in total. The Bertz CT molecular complexity index is 670. The number of aromatic nitrogens is 1. The molecule has 0 fully saturated rings. The van der Waals surface area contributed by atoms with E-state index in [0.29, 0.717) is 28.5 Å². The first-order chi connectivity index (χ1) is 9.13. The van der Waals surface area contributed by atoms with Crippen LogP contribution in [0.4, 0.5) is 11.4 Å². The Labute approximate surface area is 117 Å². The molecule has 1 aromatic carbocycles. The highest BCUT2D eigenvalue weighted by atomic mass is 35.5. The molecule has 0 spiro atoms. The molecule has 96 valence electrons. The van der Waals surface area contributed by atoms with Crippen molar-refractivity contribution < 1.29 is 9.59 Å². The number of nitrogens with one attached hydrogen (secondary N) is 2. The van der Waals surface area contributed by atoms with E-state index in [1.54, 1.807) is 23.0 Å². The standard InChI is InChI=1S/C12H8ClN3O2S/c13-7-3-8-6(2-11(17)15-8)1-9(7)16-12(18)10-4-19-5-14-10/h1,3-5H,2H2,(H,15,17)(H,16,18). The Hall–Kier alpha value is -1.92. The summed E-state index contributed by atoms with van der Waals surface area (Å²) >= 11 is 7.42. The van der Waals surface area contributed by atoms with E-state index in [4.69, 9.17) is 11.6 Å². The van der Waals surface area contributed by atoms with Crippen molar-refractivity contribution in [1.29, 1.82) is 0 Å². The molecule has 0 atom stereocenters. The second-order valence-corrected chi connectivity index (χ2v) is 5.17. The van der Waals surface area contributed by atoms with E-state index in [9.17, 15) is 9.59 Å². The minimum absolute atomic E-state index is 0.0750. The van der Waals surface area contributed by atoms with E-state index in [1.807, 2.05) is 0 Å². The molecule has 5 nitrogen and oxygen atoms in total. The van der Waals surface area contributed by atoms with E-state index in [-0.39, 0.29) is 11.8 Å². The minimum Gasteiger partial charge on any atom is -0.325 e. The van der Waals surface area contributed by atoms with Crippen molar-refractivity contribution in [2.24, 2.45) is 0 Å². The third-order valence-corrected chi connectivity index (χ3v) is 3.63. The first-order valence-corrected chi connectivity index (χ1v) is 6.77. The molecule has 3 rings (SSSR count). The highest BCUT2D eigenvalue weighted by Gasteiger charge is 2.20. The summed E-state index contributed by atoms with van der Waals surface area (Å²) < 4.78 is 0. The van der Waals surface area contributed by atoms with Crippen molar-refractivity contribution in [2.45, 2.75) is 6.42 Å². The van der Waals surface area contributed by atoms with Gasteiger partial charge in [-0.1, -0.05) is 11.6 Å². The zero-order valence-corrected chi connectivity index (χ0v) is 11.1. The number of amides is 2. The maximum atomic E-state index is 11.9. The Kier molecular flexibility index (Phi) is 2.96. The van der Waals surface area contributed by atoms with Crippen LogP contribution in [0.25, 0.3) is 0 Å². The molecule has 0 bridgehead atoms. The molecule has 2 amide bonds. The number of rotatable bonds is 2. The predicted molar refractivity (Wildman–Crippen MR) is 73.9 cm³/mol. The molecule has 1 aliphatic rings. The number of thiazole rings is 1. The van der Waals surface area contributed by atoms with Crippen LogP contribution in [0.2, 0.25) is 5.02 Å². The normalized spacial score (nSPS) is 13.0. The number of fused-ring (bicyclic) bond motifs is 1. The van der Waals surface area contributed by atoms with Gasteiger partial charge in [0.2, 0.25) is 5.91 Å². The van der Waals surface area contributed by atoms with E-state index in [0.717, 1.165) is 5.56 Å². The fourth-order valence-electron chi connectivity index (χ4n) is 1.85. The minimum atomic E-state index is -0.319. The van der Waals surface area contributed by atoms with Gasteiger partial charge in [-0.25, -0.2) is 4.98 Å². The van der Waals surface area contributed by atoms with Crippen LogP contribution >= 0.6 is 22.9 Å². The van der Waals surface area contributed by atoms with Gasteiger partial charge in [-0.3, -0.25) is 9.59 Å². The monoisotopic (exact) mass is 293 g/mol. The van der Waals surface area contributed by atoms with Gasteiger partial charge in [0.1, 0.15) is 5.69 Å². The van der Waals surface area contributed by atoms with E-state index in [2.05, 4.69) is 15.6 Å². The zero-order valence-electron chi connectivity index (χ0n) is 9.57. The van der Waals surface area contributed by atoms with E-state index < -0.39 is 0 Å². The largest absolute Gasteiger partial charge is 0.325 e. The second kappa shape index (κ2) is 4.64. The molecule has 0 radical (unpaired) electrons.